The molecule has 2 nitrogen and oxygen atoms in total. The van der Waals surface area contributed by atoms with Gasteiger partial charge in [-0.1, -0.05) is 48.5 Å². The zero-order valence-electron chi connectivity index (χ0n) is 22.1. The zero-order valence-corrected chi connectivity index (χ0v) is 22.1. The quantitative estimate of drug-likeness (QED) is 0.428. The summed E-state index contributed by atoms with van der Waals surface area (Å²) in [5.74, 6) is 3.11. The van der Waals surface area contributed by atoms with Gasteiger partial charge >= 0.3 is 0 Å². The van der Waals surface area contributed by atoms with E-state index in [0.29, 0.717) is 39.1 Å². The molecule has 6 rings (SSSR count). The van der Waals surface area contributed by atoms with Gasteiger partial charge in [0.05, 0.1) is 18.8 Å². The first-order valence-corrected chi connectivity index (χ1v) is 14.1. The number of hydrogen-bond acceptors (Lipinski definition) is 2. The molecule has 2 bridgehead atoms. The molecular weight excluding hydrogens is 392 g/mol. The van der Waals surface area contributed by atoms with Gasteiger partial charge in [0.2, 0.25) is 0 Å². The molecule has 1 N–H and O–H groups in total. The van der Waals surface area contributed by atoms with Gasteiger partial charge < -0.3 is 9.84 Å². The van der Waals surface area contributed by atoms with E-state index in [-0.39, 0.29) is 11.5 Å². The van der Waals surface area contributed by atoms with Crippen LogP contribution < -0.4 is 0 Å². The molecule has 10 atom stereocenters. The van der Waals surface area contributed by atoms with Crippen molar-refractivity contribution in [2.75, 3.05) is 6.61 Å². The molecule has 6 fully saturated rings. The van der Waals surface area contributed by atoms with Crippen LogP contribution in [0, 0.1) is 56.2 Å². The van der Waals surface area contributed by atoms with Crippen molar-refractivity contribution < 1.29 is 9.84 Å². The fourth-order valence-electron chi connectivity index (χ4n) is 12.0. The van der Waals surface area contributed by atoms with Gasteiger partial charge in [-0.15, -0.1) is 0 Å². The fourth-order valence-corrected chi connectivity index (χ4v) is 12.0. The molecular formula is C30H50O2. The lowest BCUT2D eigenvalue weighted by molar-refractivity contribution is -0.252. The van der Waals surface area contributed by atoms with Crippen molar-refractivity contribution in [3.63, 3.8) is 0 Å². The summed E-state index contributed by atoms with van der Waals surface area (Å²) in [6.45, 7) is 18.9. The Hall–Kier alpha value is -0.0800. The summed E-state index contributed by atoms with van der Waals surface area (Å²) < 4.78 is 6.71. The van der Waals surface area contributed by atoms with Crippen molar-refractivity contribution in [3.05, 3.63) is 0 Å². The van der Waals surface area contributed by atoms with Gasteiger partial charge in [0.15, 0.2) is 0 Å². The van der Waals surface area contributed by atoms with E-state index in [1.165, 1.54) is 57.8 Å². The van der Waals surface area contributed by atoms with Crippen LogP contribution in [0.1, 0.15) is 113 Å². The highest BCUT2D eigenvalue weighted by Gasteiger charge is 2.72. The fraction of sp³-hybridized carbons (Fsp3) is 1.00. The smallest absolute Gasteiger partial charge is 0.0663 e. The molecule has 2 heteroatoms. The Balaban J connectivity index is 1.39. The van der Waals surface area contributed by atoms with E-state index < -0.39 is 0 Å². The molecule has 0 aromatic carbocycles. The summed E-state index contributed by atoms with van der Waals surface area (Å²) in [5.41, 5.74) is 2.16. The molecule has 5 aliphatic carbocycles. The summed E-state index contributed by atoms with van der Waals surface area (Å²) in [6.07, 6.45) is 13.7. The first-order chi connectivity index (χ1) is 14.8. The molecule has 1 saturated heterocycles. The van der Waals surface area contributed by atoms with E-state index in [1.807, 2.05) is 0 Å². The third-order valence-corrected chi connectivity index (χ3v) is 14.1. The first kappa shape index (κ1) is 22.4. The molecule has 0 radical (unpaired) electrons. The number of rotatable bonds is 0. The number of fused-ring (bicyclic) bond motifs is 5. The molecule has 32 heavy (non-hydrogen) atoms. The summed E-state index contributed by atoms with van der Waals surface area (Å²) in [7, 11) is 0. The van der Waals surface area contributed by atoms with Crippen molar-refractivity contribution in [3.8, 4) is 0 Å². The second-order valence-electron chi connectivity index (χ2n) is 15.7. The number of hydrogen-bond donors (Lipinski definition) is 1. The Morgan fingerprint density at radius 3 is 2.16 bits per heavy atom. The maximum atomic E-state index is 10.9. The maximum Gasteiger partial charge on any atom is 0.0663 e. The second-order valence-corrected chi connectivity index (χ2v) is 15.7. The SMILES string of the molecule is CC1(C)CC[C@]23CC[C@]4(C)[C@H](CC[C@@H]5[C@@]6(C)CC[C@@H](O)C(C)(C)[C@@H]6CC[C@]54C)[C@@H]2[C@H]1OC3. The van der Waals surface area contributed by atoms with Crippen LogP contribution in [-0.2, 0) is 4.74 Å². The summed E-state index contributed by atoms with van der Waals surface area (Å²) in [6, 6.07) is 0. The predicted octanol–water partition coefficient (Wildman–Crippen LogP) is 7.24. The van der Waals surface area contributed by atoms with E-state index >= 15 is 0 Å². The Labute approximate surface area is 197 Å². The molecule has 0 spiro atoms. The van der Waals surface area contributed by atoms with Crippen LogP contribution in [0.25, 0.3) is 0 Å². The van der Waals surface area contributed by atoms with Crippen molar-refractivity contribution in [1.29, 1.82) is 0 Å². The number of ether oxygens (including phenoxy) is 1. The topological polar surface area (TPSA) is 29.5 Å². The third-order valence-electron chi connectivity index (χ3n) is 14.1. The zero-order chi connectivity index (χ0) is 22.9. The van der Waals surface area contributed by atoms with Crippen LogP contribution >= 0.6 is 0 Å². The molecule has 0 unspecified atom stereocenters. The van der Waals surface area contributed by atoms with Crippen LogP contribution in [0.15, 0.2) is 0 Å². The number of aliphatic hydroxyl groups is 1. The van der Waals surface area contributed by atoms with Crippen molar-refractivity contribution in [2.45, 2.75) is 125 Å². The lowest BCUT2D eigenvalue weighted by Gasteiger charge is -2.73. The highest BCUT2D eigenvalue weighted by Crippen LogP contribution is 2.78. The summed E-state index contributed by atoms with van der Waals surface area (Å²) >= 11 is 0. The van der Waals surface area contributed by atoms with Crippen LogP contribution in [0.3, 0.4) is 0 Å². The minimum Gasteiger partial charge on any atom is -0.393 e. The highest BCUT2D eigenvalue weighted by atomic mass is 16.5. The van der Waals surface area contributed by atoms with E-state index in [0.717, 1.165) is 30.8 Å². The summed E-state index contributed by atoms with van der Waals surface area (Å²) in [5, 5.41) is 10.9. The van der Waals surface area contributed by atoms with Crippen LogP contribution in [-0.4, -0.2) is 23.9 Å². The van der Waals surface area contributed by atoms with Gasteiger partial charge in [-0.05, 0) is 120 Å². The van der Waals surface area contributed by atoms with Gasteiger partial charge in [-0.25, -0.2) is 0 Å². The average Bonchev–Trinajstić information content (AvgIpc) is 3.05. The maximum absolute atomic E-state index is 10.9. The van der Waals surface area contributed by atoms with Gasteiger partial charge in [-0.3, -0.25) is 0 Å². The first-order valence-electron chi connectivity index (χ1n) is 14.1. The average molecular weight is 443 g/mol. The monoisotopic (exact) mass is 442 g/mol. The highest BCUT2D eigenvalue weighted by molar-refractivity contribution is 5.21. The van der Waals surface area contributed by atoms with Gasteiger partial charge in [0, 0.05) is 0 Å². The minimum absolute atomic E-state index is 0.0586. The van der Waals surface area contributed by atoms with Crippen molar-refractivity contribution >= 4 is 0 Å². The van der Waals surface area contributed by atoms with Crippen LogP contribution in [0.2, 0.25) is 0 Å². The largest absolute Gasteiger partial charge is 0.393 e. The molecule has 0 aromatic rings. The molecule has 6 aliphatic rings. The molecule has 5 saturated carbocycles. The van der Waals surface area contributed by atoms with Crippen molar-refractivity contribution in [1.82, 2.24) is 0 Å². The van der Waals surface area contributed by atoms with Crippen LogP contribution in [0.4, 0.5) is 0 Å². The van der Waals surface area contributed by atoms with E-state index in [9.17, 15) is 5.11 Å². The van der Waals surface area contributed by atoms with Gasteiger partial charge in [0.1, 0.15) is 0 Å². The molecule has 0 aromatic heterocycles. The normalized spacial score (nSPS) is 60.0. The molecule has 182 valence electrons. The van der Waals surface area contributed by atoms with E-state index in [4.69, 9.17) is 4.74 Å². The molecule has 1 heterocycles. The van der Waals surface area contributed by atoms with Gasteiger partial charge in [0.25, 0.3) is 0 Å². The Morgan fingerprint density at radius 2 is 1.41 bits per heavy atom. The van der Waals surface area contributed by atoms with Gasteiger partial charge in [-0.2, -0.15) is 0 Å². The Morgan fingerprint density at radius 1 is 0.688 bits per heavy atom. The third kappa shape index (κ3) is 2.41. The Bertz CT molecular complexity index is 801. The lowest BCUT2D eigenvalue weighted by atomic mass is 9.31. The predicted molar refractivity (Wildman–Crippen MR) is 130 cm³/mol. The van der Waals surface area contributed by atoms with E-state index in [1.54, 1.807) is 0 Å². The molecule has 1 aliphatic heterocycles. The van der Waals surface area contributed by atoms with E-state index in [2.05, 4.69) is 48.5 Å². The van der Waals surface area contributed by atoms with Crippen molar-refractivity contribution in [2.24, 2.45) is 56.2 Å². The lowest BCUT2D eigenvalue weighted by Crippen LogP contribution is -2.67. The Kier molecular flexibility index (Phi) is 4.46. The minimum atomic E-state index is -0.122. The van der Waals surface area contributed by atoms with Crippen LogP contribution in [0.5, 0.6) is 0 Å². The standard InChI is InChI=1S/C30H50O2/c1-25(2)14-16-30-17-15-28(6)19(23(30)24(25)32-18-30)8-9-21-27(5)12-11-22(31)26(3,4)20(27)10-13-29(21,28)7/h19-24,31H,8-18H2,1-7H3/t19-,20+,21-,22-,23-,24-,27+,28-,29-,30-/m1/s1. The number of aliphatic hydroxyl groups excluding tert-OH is 1. The second kappa shape index (κ2) is 6.37. The molecule has 0 amide bonds. The summed E-state index contributed by atoms with van der Waals surface area (Å²) in [4.78, 5) is 0.